The molecule has 0 atom stereocenters. The fourth-order valence-electron chi connectivity index (χ4n) is 2.82. The van der Waals surface area contributed by atoms with Crippen LogP contribution in [0.1, 0.15) is 47.7 Å². The second-order valence-electron chi connectivity index (χ2n) is 5.74. The van der Waals surface area contributed by atoms with Gasteiger partial charge in [-0.2, -0.15) is 0 Å². The van der Waals surface area contributed by atoms with Crippen LogP contribution in [-0.4, -0.2) is 33.7 Å². The van der Waals surface area contributed by atoms with E-state index in [0.717, 1.165) is 38.8 Å². The zero-order valence-electron chi connectivity index (χ0n) is 11.3. The van der Waals surface area contributed by atoms with Gasteiger partial charge >= 0.3 is 5.97 Å². The maximum Gasteiger partial charge on any atom is 0.343 e. The molecule has 0 spiro atoms. The van der Waals surface area contributed by atoms with Gasteiger partial charge in [0.1, 0.15) is 5.56 Å². The largest absolute Gasteiger partial charge is 0.477 e. The number of nitrogens with one attached hydrogen (secondary N) is 1. The first kappa shape index (κ1) is 13.3. The molecule has 6 nitrogen and oxygen atoms in total. The molecule has 20 heavy (non-hydrogen) atoms. The normalized spacial score (nSPS) is 20.0. The van der Waals surface area contributed by atoms with E-state index in [-0.39, 0.29) is 11.5 Å². The summed E-state index contributed by atoms with van der Waals surface area (Å²) in [7, 11) is 0. The summed E-state index contributed by atoms with van der Waals surface area (Å²) in [6, 6.07) is 0. The average molecular weight is 277 g/mol. The number of hydrogen-bond acceptors (Lipinski definition) is 4. The van der Waals surface area contributed by atoms with Crippen LogP contribution in [0.25, 0.3) is 0 Å². The van der Waals surface area contributed by atoms with Crippen LogP contribution in [0, 0.1) is 5.92 Å². The molecule has 6 heteroatoms. The predicted molar refractivity (Wildman–Crippen MR) is 73.0 cm³/mol. The Morgan fingerprint density at radius 2 is 2.05 bits per heavy atom. The Kier molecular flexibility index (Phi) is 3.56. The van der Waals surface area contributed by atoms with Crippen LogP contribution in [0.4, 0.5) is 0 Å². The third-order valence-corrected chi connectivity index (χ3v) is 4.16. The summed E-state index contributed by atoms with van der Waals surface area (Å²) in [6.45, 7) is 2.28. The Morgan fingerprint density at radius 1 is 1.35 bits per heavy atom. The molecular formula is C14H19N3O3. The van der Waals surface area contributed by atoms with Crippen molar-refractivity contribution >= 4 is 5.97 Å². The van der Waals surface area contributed by atoms with Crippen molar-refractivity contribution in [1.29, 1.82) is 0 Å². The van der Waals surface area contributed by atoms with Crippen LogP contribution in [0.15, 0.2) is 11.1 Å². The highest BCUT2D eigenvalue weighted by atomic mass is 16.4. The molecule has 0 aromatic carbocycles. The maximum atomic E-state index is 12.4. The highest BCUT2D eigenvalue weighted by Gasteiger charge is 2.28. The molecule has 3 rings (SSSR count). The summed E-state index contributed by atoms with van der Waals surface area (Å²) in [6.07, 6.45) is 5.43. The van der Waals surface area contributed by atoms with E-state index in [1.807, 2.05) is 0 Å². The molecule has 2 fully saturated rings. The second kappa shape index (κ2) is 5.36. The summed E-state index contributed by atoms with van der Waals surface area (Å²) in [4.78, 5) is 28.2. The summed E-state index contributed by atoms with van der Waals surface area (Å²) >= 11 is 0. The Morgan fingerprint density at radius 3 is 2.65 bits per heavy atom. The molecule has 2 heterocycles. The van der Waals surface area contributed by atoms with E-state index in [0.29, 0.717) is 18.2 Å². The fourth-order valence-corrected chi connectivity index (χ4v) is 2.82. The lowest BCUT2D eigenvalue weighted by atomic mass is 9.91. The van der Waals surface area contributed by atoms with E-state index < -0.39 is 11.5 Å². The van der Waals surface area contributed by atoms with Crippen molar-refractivity contribution < 1.29 is 9.90 Å². The molecule has 0 radical (unpaired) electrons. The van der Waals surface area contributed by atoms with Crippen LogP contribution in [0.5, 0.6) is 0 Å². The summed E-state index contributed by atoms with van der Waals surface area (Å²) in [5.41, 5.74) is -0.0518. The molecule has 0 bridgehead atoms. The molecule has 2 aliphatic rings. The van der Waals surface area contributed by atoms with Crippen LogP contribution in [0.3, 0.4) is 0 Å². The number of piperidine rings is 1. The standard InChI is InChI=1S/C14H19N3O3/c18-13-11(14(19)20)12(10-3-5-15-6-4-10)16-8-17(13)7-9-1-2-9/h8-10,15H,1-7H2,(H,19,20). The van der Waals surface area contributed by atoms with E-state index in [9.17, 15) is 14.7 Å². The van der Waals surface area contributed by atoms with Crippen molar-refractivity contribution in [2.75, 3.05) is 13.1 Å². The highest BCUT2D eigenvalue weighted by Crippen LogP contribution is 2.30. The summed E-state index contributed by atoms with van der Waals surface area (Å²) in [5, 5.41) is 12.6. The van der Waals surface area contributed by atoms with Gasteiger partial charge in [-0.3, -0.25) is 9.36 Å². The first-order valence-corrected chi connectivity index (χ1v) is 7.20. The topological polar surface area (TPSA) is 84.2 Å². The SMILES string of the molecule is O=C(O)c1c(C2CCNCC2)ncn(CC2CC2)c1=O. The molecule has 1 aliphatic heterocycles. The first-order chi connectivity index (χ1) is 9.66. The van der Waals surface area contributed by atoms with Crippen molar-refractivity contribution in [2.45, 2.75) is 38.1 Å². The third-order valence-electron chi connectivity index (χ3n) is 4.16. The maximum absolute atomic E-state index is 12.4. The summed E-state index contributed by atoms with van der Waals surface area (Å²) < 4.78 is 1.46. The number of aromatic carboxylic acids is 1. The number of aromatic nitrogens is 2. The molecule has 0 amide bonds. The van der Waals surface area contributed by atoms with Gasteiger partial charge in [-0.05, 0) is 44.7 Å². The van der Waals surface area contributed by atoms with Crippen LogP contribution < -0.4 is 10.9 Å². The molecule has 1 aromatic heterocycles. The van der Waals surface area contributed by atoms with Crippen molar-refractivity contribution in [3.05, 3.63) is 27.9 Å². The quantitative estimate of drug-likeness (QED) is 0.851. The molecule has 1 aromatic rings. The van der Waals surface area contributed by atoms with Gasteiger partial charge in [0, 0.05) is 12.5 Å². The number of carbonyl (C=O) groups is 1. The van der Waals surface area contributed by atoms with Crippen molar-refractivity contribution in [3.8, 4) is 0 Å². The minimum atomic E-state index is -1.15. The van der Waals surface area contributed by atoms with Crippen LogP contribution in [-0.2, 0) is 6.54 Å². The Bertz CT molecular complexity index is 572. The third kappa shape index (κ3) is 2.60. The number of nitrogens with zero attached hydrogens (tertiary/aromatic N) is 2. The van der Waals surface area contributed by atoms with E-state index in [1.54, 1.807) is 0 Å². The molecule has 2 N–H and O–H groups in total. The first-order valence-electron chi connectivity index (χ1n) is 7.20. The number of carboxylic acid groups (broad SMARTS) is 1. The highest BCUT2D eigenvalue weighted by molar-refractivity contribution is 5.88. The zero-order valence-corrected chi connectivity index (χ0v) is 11.3. The van der Waals surface area contributed by atoms with Crippen molar-refractivity contribution in [3.63, 3.8) is 0 Å². The van der Waals surface area contributed by atoms with Crippen molar-refractivity contribution in [1.82, 2.24) is 14.9 Å². The van der Waals surface area contributed by atoms with E-state index in [4.69, 9.17) is 0 Å². The second-order valence-corrected chi connectivity index (χ2v) is 5.74. The Balaban J connectivity index is 1.98. The van der Waals surface area contributed by atoms with E-state index >= 15 is 0 Å². The molecular weight excluding hydrogens is 258 g/mol. The number of carboxylic acids is 1. The molecule has 0 unspecified atom stereocenters. The van der Waals surface area contributed by atoms with Gasteiger partial charge in [-0.15, -0.1) is 0 Å². The van der Waals surface area contributed by atoms with Crippen LogP contribution in [0.2, 0.25) is 0 Å². The molecule has 108 valence electrons. The fraction of sp³-hybridized carbons (Fsp3) is 0.643. The smallest absolute Gasteiger partial charge is 0.343 e. The predicted octanol–water partition coefficient (Wildman–Crippen LogP) is 0.818. The molecule has 1 aliphatic carbocycles. The van der Waals surface area contributed by atoms with Gasteiger partial charge < -0.3 is 10.4 Å². The van der Waals surface area contributed by atoms with Crippen LogP contribution >= 0.6 is 0 Å². The van der Waals surface area contributed by atoms with Gasteiger partial charge in [-0.25, -0.2) is 9.78 Å². The minimum Gasteiger partial charge on any atom is -0.477 e. The van der Waals surface area contributed by atoms with Gasteiger partial charge in [0.15, 0.2) is 0 Å². The number of hydrogen-bond donors (Lipinski definition) is 2. The van der Waals surface area contributed by atoms with Gasteiger partial charge in [0.05, 0.1) is 12.0 Å². The van der Waals surface area contributed by atoms with Gasteiger partial charge in [0.25, 0.3) is 5.56 Å². The van der Waals surface area contributed by atoms with Gasteiger partial charge in [0.2, 0.25) is 0 Å². The Labute approximate surface area is 116 Å². The number of rotatable bonds is 4. The van der Waals surface area contributed by atoms with E-state index in [2.05, 4.69) is 10.3 Å². The monoisotopic (exact) mass is 277 g/mol. The molecule has 1 saturated heterocycles. The minimum absolute atomic E-state index is 0.0747. The average Bonchev–Trinajstić information content (AvgIpc) is 3.25. The lowest BCUT2D eigenvalue weighted by Crippen LogP contribution is -2.33. The van der Waals surface area contributed by atoms with E-state index in [1.165, 1.54) is 10.9 Å². The zero-order chi connectivity index (χ0) is 14.1. The Hall–Kier alpha value is -1.69. The lowest BCUT2D eigenvalue weighted by Gasteiger charge is -2.23. The van der Waals surface area contributed by atoms with Gasteiger partial charge in [-0.1, -0.05) is 0 Å². The van der Waals surface area contributed by atoms with Crippen molar-refractivity contribution in [2.24, 2.45) is 5.92 Å². The lowest BCUT2D eigenvalue weighted by molar-refractivity contribution is 0.0691. The summed E-state index contributed by atoms with van der Waals surface area (Å²) in [5.74, 6) is -0.562. The molecule has 1 saturated carbocycles.